The van der Waals surface area contributed by atoms with Crippen molar-refractivity contribution in [2.24, 2.45) is 5.92 Å². The fourth-order valence-corrected chi connectivity index (χ4v) is 4.69. The van der Waals surface area contributed by atoms with Crippen LogP contribution >= 0.6 is 0 Å². The maximum Gasteiger partial charge on any atom is 0.266 e. The summed E-state index contributed by atoms with van der Waals surface area (Å²) in [4.78, 5) is 27.6. The number of hydrogen-bond acceptors (Lipinski definition) is 4. The van der Waals surface area contributed by atoms with Gasteiger partial charge in [0.1, 0.15) is 5.82 Å². The highest BCUT2D eigenvalue weighted by atomic mass is 19.1. The van der Waals surface area contributed by atoms with Gasteiger partial charge in [-0.25, -0.2) is 9.07 Å². The predicted molar refractivity (Wildman–Crippen MR) is 111 cm³/mol. The number of rotatable bonds is 5. The Hall–Kier alpha value is -2.54. The van der Waals surface area contributed by atoms with Crippen LogP contribution in [0.25, 0.3) is 11.3 Å². The molecule has 0 radical (unpaired) electrons. The van der Waals surface area contributed by atoms with E-state index < -0.39 is 0 Å². The van der Waals surface area contributed by atoms with E-state index in [1.54, 1.807) is 25.3 Å². The second-order valence-electron chi connectivity index (χ2n) is 8.29. The van der Waals surface area contributed by atoms with E-state index in [4.69, 9.17) is 4.74 Å². The lowest BCUT2D eigenvalue weighted by atomic mass is 9.86. The maximum atomic E-state index is 13.2. The molecule has 1 aromatic carbocycles. The van der Waals surface area contributed by atoms with Crippen molar-refractivity contribution in [3.8, 4) is 11.3 Å². The average molecular weight is 413 g/mol. The third-order valence-electron chi connectivity index (χ3n) is 6.36. The highest BCUT2D eigenvalue weighted by Crippen LogP contribution is 2.30. The van der Waals surface area contributed by atoms with E-state index in [9.17, 15) is 14.0 Å². The Morgan fingerprint density at radius 2 is 1.93 bits per heavy atom. The Morgan fingerprint density at radius 1 is 1.13 bits per heavy atom. The molecule has 30 heavy (non-hydrogen) atoms. The van der Waals surface area contributed by atoms with Crippen molar-refractivity contribution in [3.63, 3.8) is 0 Å². The third-order valence-corrected chi connectivity index (χ3v) is 6.36. The first kappa shape index (κ1) is 20.7. The van der Waals surface area contributed by atoms with Gasteiger partial charge in [-0.05, 0) is 62.4 Å². The van der Waals surface area contributed by atoms with Gasteiger partial charge in [0.25, 0.3) is 5.56 Å². The minimum atomic E-state index is -0.314. The zero-order valence-electron chi connectivity index (χ0n) is 17.3. The summed E-state index contributed by atoms with van der Waals surface area (Å²) in [6.07, 6.45) is 5.65. The first-order chi connectivity index (χ1) is 14.5. The molecule has 2 unspecified atom stereocenters. The normalized spacial score (nSPS) is 24.2. The van der Waals surface area contributed by atoms with Gasteiger partial charge in [-0.2, -0.15) is 5.10 Å². The number of hydrogen-bond donors (Lipinski definition) is 0. The van der Waals surface area contributed by atoms with E-state index >= 15 is 0 Å². The molecule has 2 fully saturated rings. The van der Waals surface area contributed by atoms with Crippen molar-refractivity contribution in [3.05, 3.63) is 52.6 Å². The van der Waals surface area contributed by atoms with E-state index in [-0.39, 0.29) is 35.3 Å². The molecule has 1 aliphatic carbocycles. The molecule has 0 bridgehead atoms. The van der Waals surface area contributed by atoms with Gasteiger partial charge in [0.15, 0.2) is 0 Å². The summed E-state index contributed by atoms with van der Waals surface area (Å²) >= 11 is 0. The monoisotopic (exact) mass is 413 g/mol. The van der Waals surface area contributed by atoms with Crippen LogP contribution in [0.15, 0.2) is 41.2 Å². The minimum absolute atomic E-state index is 0.000435. The molecule has 1 aromatic heterocycles. The Labute approximate surface area is 175 Å². The standard InChI is InChI=1S/C23H28FN3O3/c1-30-20-6-2-4-17(14-20)23(29)26-13-3-5-19(26)15-27-22(28)12-11-21(25-27)16-7-9-18(24)10-8-16/h7-12,17,19-20H,2-6,13-15H2,1H3/t17?,19-,20?/m0/s1. The number of methoxy groups -OCH3 is 1. The number of benzene rings is 1. The topological polar surface area (TPSA) is 64.4 Å². The second-order valence-corrected chi connectivity index (χ2v) is 8.29. The van der Waals surface area contributed by atoms with Crippen LogP contribution in [0.4, 0.5) is 4.39 Å². The molecule has 2 aromatic rings. The van der Waals surface area contributed by atoms with Crippen LogP contribution in [0.2, 0.25) is 0 Å². The van der Waals surface area contributed by atoms with E-state index in [1.165, 1.54) is 22.9 Å². The molecular weight excluding hydrogens is 385 g/mol. The first-order valence-corrected chi connectivity index (χ1v) is 10.7. The quantitative estimate of drug-likeness (QED) is 0.755. The molecule has 0 N–H and O–H groups in total. The molecule has 1 aliphatic heterocycles. The van der Waals surface area contributed by atoms with Crippen LogP contribution in [0.5, 0.6) is 0 Å². The summed E-state index contributed by atoms with van der Waals surface area (Å²) in [7, 11) is 1.71. The van der Waals surface area contributed by atoms with Crippen LogP contribution in [-0.4, -0.2) is 46.4 Å². The second kappa shape index (κ2) is 9.08. The number of carbonyl (C=O) groups is 1. The SMILES string of the molecule is COC1CCCC(C(=O)N2CCC[C@H]2Cn2nc(-c3ccc(F)cc3)ccc2=O)C1. The number of amides is 1. The summed E-state index contributed by atoms with van der Waals surface area (Å²) in [5.41, 5.74) is 1.16. The van der Waals surface area contributed by atoms with Gasteiger partial charge in [0.2, 0.25) is 5.91 Å². The number of aromatic nitrogens is 2. The van der Waals surface area contributed by atoms with E-state index in [1.807, 2.05) is 4.90 Å². The highest BCUT2D eigenvalue weighted by molar-refractivity contribution is 5.79. The van der Waals surface area contributed by atoms with Crippen molar-refractivity contribution >= 4 is 5.91 Å². The molecule has 4 rings (SSSR count). The van der Waals surface area contributed by atoms with Crippen LogP contribution in [0, 0.1) is 11.7 Å². The molecule has 7 heteroatoms. The number of nitrogens with zero attached hydrogens (tertiary/aromatic N) is 3. The van der Waals surface area contributed by atoms with Crippen molar-refractivity contribution in [1.82, 2.24) is 14.7 Å². The third kappa shape index (κ3) is 4.46. The summed E-state index contributed by atoms with van der Waals surface area (Å²) in [6.45, 7) is 1.10. The van der Waals surface area contributed by atoms with Crippen molar-refractivity contribution < 1.29 is 13.9 Å². The lowest BCUT2D eigenvalue weighted by Crippen LogP contribution is -2.44. The molecule has 3 atom stereocenters. The van der Waals surface area contributed by atoms with Crippen LogP contribution in [-0.2, 0) is 16.1 Å². The van der Waals surface area contributed by atoms with Gasteiger partial charge in [-0.3, -0.25) is 9.59 Å². The van der Waals surface area contributed by atoms with Gasteiger partial charge < -0.3 is 9.64 Å². The van der Waals surface area contributed by atoms with E-state index in [2.05, 4.69) is 5.10 Å². The number of halogens is 1. The molecule has 1 saturated heterocycles. The Bertz CT molecular complexity index is 943. The predicted octanol–water partition coefficient (Wildman–Crippen LogP) is 3.25. The Morgan fingerprint density at radius 3 is 2.70 bits per heavy atom. The number of ether oxygens (including phenoxy) is 1. The first-order valence-electron chi connectivity index (χ1n) is 10.7. The zero-order chi connectivity index (χ0) is 21.1. The molecule has 160 valence electrons. The molecular formula is C23H28FN3O3. The van der Waals surface area contributed by atoms with Gasteiger partial charge >= 0.3 is 0 Å². The Kier molecular flexibility index (Phi) is 6.27. The molecule has 2 heterocycles. The summed E-state index contributed by atoms with van der Waals surface area (Å²) in [6, 6.07) is 9.14. The summed E-state index contributed by atoms with van der Waals surface area (Å²) in [5.74, 6) is -0.132. The van der Waals surface area contributed by atoms with E-state index in [0.717, 1.165) is 50.6 Å². The summed E-state index contributed by atoms with van der Waals surface area (Å²) in [5, 5.41) is 4.49. The highest BCUT2D eigenvalue weighted by Gasteiger charge is 2.36. The van der Waals surface area contributed by atoms with Crippen LogP contribution in [0.3, 0.4) is 0 Å². The fourth-order valence-electron chi connectivity index (χ4n) is 4.69. The largest absolute Gasteiger partial charge is 0.381 e. The lowest BCUT2D eigenvalue weighted by Gasteiger charge is -2.33. The average Bonchev–Trinajstić information content (AvgIpc) is 3.23. The molecule has 1 saturated carbocycles. The summed E-state index contributed by atoms with van der Waals surface area (Å²) < 4.78 is 20.1. The number of carbonyl (C=O) groups excluding carboxylic acids is 1. The van der Waals surface area contributed by atoms with Gasteiger partial charge in [0.05, 0.1) is 24.4 Å². The molecule has 0 spiro atoms. The molecule has 6 nitrogen and oxygen atoms in total. The minimum Gasteiger partial charge on any atom is -0.381 e. The van der Waals surface area contributed by atoms with Gasteiger partial charge in [-0.15, -0.1) is 0 Å². The van der Waals surface area contributed by atoms with E-state index in [0.29, 0.717) is 12.2 Å². The van der Waals surface area contributed by atoms with Gasteiger partial charge in [-0.1, -0.05) is 6.42 Å². The van der Waals surface area contributed by atoms with Crippen LogP contribution in [0.1, 0.15) is 38.5 Å². The van der Waals surface area contributed by atoms with Crippen LogP contribution < -0.4 is 5.56 Å². The van der Waals surface area contributed by atoms with Crippen molar-refractivity contribution in [1.29, 1.82) is 0 Å². The molecule has 1 amide bonds. The molecule has 2 aliphatic rings. The number of likely N-dealkylation sites (tertiary alicyclic amines) is 1. The van der Waals surface area contributed by atoms with Crippen molar-refractivity contribution in [2.45, 2.75) is 57.2 Å². The lowest BCUT2D eigenvalue weighted by molar-refractivity contribution is -0.139. The fraction of sp³-hybridized carbons (Fsp3) is 0.522. The smallest absolute Gasteiger partial charge is 0.266 e. The maximum absolute atomic E-state index is 13.2. The Balaban J connectivity index is 1.50. The zero-order valence-corrected chi connectivity index (χ0v) is 17.3. The van der Waals surface area contributed by atoms with Gasteiger partial charge in [0, 0.05) is 31.2 Å². The van der Waals surface area contributed by atoms with Crippen molar-refractivity contribution in [2.75, 3.05) is 13.7 Å².